The minimum Gasteiger partial charge on any atom is -0.465 e. The lowest BCUT2D eigenvalue weighted by Gasteiger charge is -2.19. The van der Waals surface area contributed by atoms with Gasteiger partial charge >= 0.3 is 5.97 Å². The third-order valence-corrected chi connectivity index (χ3v) is 4.43. The van der Waals surface area contributed by atoms with Crippen molar-refractivity contribution in [1.29, 1.82) is 0 Å². The summed E-state index contributed by atoms with van der Waals surface area (Å²) in [5.41, 5.74) is 0.963. The number of carbonyl (C=O) groups excluding carboxylic acids is 1. The summed E-state index contributed by atoms with van der Waals surface area (Å²) < 4.78 is 30.7. The SMILES string of the molecule is C=CCN(CC(=O)OCC)S(=O)(=O)c1ccc(C)cc1. The quantitative estimate of drug-likeness (QED) is 0.568. The van der Waals surface area contributed by atoms with E-state index in [2.05, 4.69) is 6.58 Å². The van der Waals surface area contributed by atoms with Crippen molar-refractivity contribution >= 4 is 16.0 Å². The standard InChI is InChI=1S/C14H19NO4S/c1-4-10-15(11-14(16)19-5-2)20(17,18)13-8-6-12(3)7-9-13/h4,6-9H,1,5,10-11H2,2-3H3. The summed E-state index contributed by atoms with van der Waals surface area (Å²) in [6.07, 6.45) is 1.44. The number of sulfonamides is 1. The van der Waals surface area contributed by atoms with E-state index in [9.17, 15) is 13.2 Å². The topological polar surface area (TPSA) is 63.7 Å². The Morgan fingerprint density at radius 3 is 2.45 bits per heavy atom. The monoisotopic (exact) mass is 297 g/mol. The number of hydrogen-bond donors (Lipinski definition) is 0. The molecule has 0 spiro atoms. The summed E-state index contributed by atoms with van der Waals surface area (Å²) in [7, 11) is -3.73. The van der Waals surface area contributed by atoms with Crippen LogP contribution in [0.2, 0.25) is 0 Å². The molecule has 0 heterocycles. The average Bonchev–Trinajstić information content (AvgIpc) is 2.39. The molecule has 1 aromatic rings. The maximum absolute atomic E-state index is 12.4. The lowest BCUT2D eigenvalue weighted by Crippen LogP contribution is -2.36. The van der Waals surface area contributed by atoms with Gasteiger partial charge in [0.05, 0.1) is 11.5 Å². The Morgan fingerprint density at radius 1 is 1.35 bits per heavy atom. The minimum atomic E-state index is -3.73. The van der Waals surface area contributed by atoms with Crippen LogP contribution in [-0.4, -0.2) is 38.4 Å². The number of carbonyl (C=O) groups is 1. The van der Waals surface area contributed by atoms with Gasteiger partial charge in [0.25, 0.3) is 0 Å². The summed E-state index contributed by atoms with van der Waals surface area (Å²) in [6.45, 7) is 7.00. The van der Waals surface area contributed by atoms with E-state index in [1.54, 1.807) is 19.1 Å². The van der Waals surface area contributed by atoms with E-state index in [1.807, 2.05) is 6.92 Å². The smallest absolute Gasteiger partial charge is 0.321 e. The predicted octanol–water partition coefficient (Wildman–Crippen LogP) is 1.73. The highest BCUT2D eigenvalue weighted by molar-refractivity contribution is 7.89. The molecule has 0 saturated carbocycles. The minimum absolute atomic E-state index is 0.0506. The molecule has 1 rings (SSSR count). The van der Waals surface area contributed by atoms with Gasteiger partial charge in [-0.15, -0.1) is 6.58 Å². The molecule has 0 bridgehead atoms. The first-order valence-corrected chi connectivity index (χ1v) is 7.69. The second-order valence-corrected chi connectivity index (χ2v) is 6.14. The molecule has 0 atom stereocenters. The number of rotatable bonds is 7. The molecule has 1 aromatic carbocycles. The van der Waals surface area contributed by atoms with Gasteiger partial charge in [-0.25, -0.2) is 8.42 Å². The molecule has 110 valence electrons. The fourth-order valence-electron chi connectivity index (χ4n) is 1.60. The summed E-state index contributed by atoms with van der Waals surface area (Å²) in [5.74, 6) is -0.579. The van der Waals surface area contributed by atoms with Crippen molar-refractivity contribution in [3.63, 3.8) is 0 Å². The van der Waals surface area contributed by atoms with Crippen LogP contribution in [0, 0.1) is 6.92 Å². The highest BCUT2D eigenvalue weighted by Crippen LogP contribution is 2.16. The van der Waals surface area contributed by atoms with Crippen molar-refractivity contribution in [3.05, 3.63) is 42.5 Å². The number of ether oxygens (including phenoxy) is 1. The van der Waals surface area contributed by atoms with Crippen molar-refractivity contribution < 1.29 is 17.9 Å². The van der Waals surface area contributed by atoms with Crippen LogP contribution in [-0.2, 0) is 19.6 Å². The van der Waals surface area contributed by atoms with Gasteiger partial charge in [0.15, 0.2) is 0 Å². The van der Waals surface area contributed by atoms with E-state index >= 15 is 0 Å². The van der Waals surface area contributed by atoms with Gasteiger partial charge < -0.3 is 4.74 Å². The highest BCUT2D eigenvalue weighted by atomic mass is 32.2. The Labute approximate surface area is 119 Å². The van der Waals surface area contributed by atoms with Crippen LogP contribution in [0.1, 0.15) is 12.5 Å². The molecular weight excluding hydrogens is 278 g/mol. The molecule has 0 radical (unpaired) electrons. The first kappa shape index (κ1) is 16.4. The molecule has 0 aliphatic heterocycles. The fraction of sp³-hybridized carbons (Fsp3) is 0.357. The van der Waals surface area contributed by atoms with Crippen LogP contribution >= 0.6 is 0 Å². The highest BCUT2D eigenvalue weighted by Gasteiger charge is 2.25. The van der Waals surface area contributed by atoms with E-state index in [1.165, 1.54) is 18.2 Å². The lowest BCUT2D eigenvalue weighted by atomic mass is 10.2. The van der Waals surface area contributed by atoms with E-state index in [0.29, 0.717) is 0 Å². The van der Waals surface area contributed by atoms with Crippen LogP contribution < -0.4 is 0 Å². The summed E-state index contributed by atoms with van der Waals surface area (Å²) in [4.78, 5) is 11.6. The normalized spacial score (nSPS) is 11.3. The maximum Gasteiger partial charge on any atom is 0.321 e. The number of nitrogens with zero attached hydrogens (tertiary/aromatic N) is 1. The third-order valence-electron chi connectivity index (χ3n) is 2.60. The Balaban J connectivity index is 3.02. The zero-order valence-electron chi connectivity index (χ0n) is 11.7. The second kappa shape index (κ2) is 7.21. The van der Waals surface area contributed by atoms with Crippen LogP contribution in [0.15, 0.2) is 41.8 Å². The predicted molar refractivity (Wildman–Crippen MR) is 76.8 cm³/mol. The molecule has 0 unspecified atom stereocenters. The van der Waals surface area contributed by atoms with Gasteiger partial charge in [0.1, 0.15) is 6.54 Å². The maximum atomic E-state index is 12.4. The van der Waals surface area contributed by atoms with Crippen molar-refractivity contribution in [2.24, 2.45) is 0 Å². The molecule has 0 N–H and O–H groups in total. The average molecular weight is 297 g/mol. The Hall–Kier alpha value is -1.66. The number of hydrogen-bond acceptors (Lipinski definition) is 4. The Kier molecular flexibility index (Phi) is 5.91. The van der Waals surface area contributed by atoms with Gasteiger partial charge in [-0.1, -0.05) is 23.8 Å². The largest absolute Gasteiger partial charge is 0.465 e. The molecule has 0 saturated heterocycles. The molecule has 6 heteroatoms. The first-order valence-electron chi connectivity index (χ1n) is 6.25. The summed E-state index contributed by atoms with van der Waals surface area (Å²) in [5, 5.41) is 0. The van der Waals surface area contributed by atoms with E-state index in [0.717, 1.165) is 9.87 Å². The van der Waals surface area contributed by atoms with E-state index in [4.69, 9.17) is 4.74 Å². The Bertz CT molecular complexity index is 563. The molecule has 0 aromatic heterocycles. The molecule has 0 aliphatic rings. The van der Waals surface area contributed by atoms with E-state index < -0.39 is 16.0 Å². The van der Waals surface area contributed by atoms with Crippen molar-refractivity contribution in [2.75, 3.05) is 19.7 Å². The summed E-state index contributed by atoms with van der Waals surface area (Å²) >= 11 is 0. The first-order chi connectivity index (χ1) is 9.41. The fourth-order valence-corrected chi connectivity index (χ4v) is 2.96. The third kappa shape index (κ3) is 4.18. The molecule has 5 nitrogen and oxygen atoms in total. The van der Waals surface area contributed by atoms with Gasteiger partial charge in [-0.2, -0.15) is 4.31 Å². The van der Waals surface area contributed by atoms with Crippen molar-refractivity contribution in [1.82, 2.24) is 4.31 Å². The van der Waals surface area contributed by atoms with Gasteiger partial charge in [-0.3, -0.25) is 4.79 Å². The number of benzene rings is 1. The Morgan fingerprint density at radius 2 is 1.95 bits per heavy atom. The molecule has 0 amide bonds. The van der Waals surface area contributed by atoms with Crippen LogP contribution in [0.3, 0.4) is 0 Å². The van der Waals surface area contributed by atoms with Gasteiger partial charge in [0.2, 0.25) is 10.0 Å². The van der Waals surface area contributed by atoms with Crippen molar-refractivity contribution in [3.8, 4) is 0 Å². The second-order valence-electron chi connectivity index (χ2n) is 4.20. The number of esters is 1. The zero-order chi connectivity index (χ0) is 15.2. The van der Waals surface area contributed by atoms with Crippen LogP contribution in [0.4, 0.5) is 0 Å². The molecule has 0 fully saturated rings. The van der Waals surface area contributed by atoms with Gasteiger partial charge in [0, 0.05) is 6.54 Å². The zero-order valence-corrected chi connectivity index (χ0v) is 12.5. The lowest BCUT2D eigenvalue weighted by molar-refractivity contribution is -0.143. The van der Waals surface area contributed by atoms with Gasteiger partial charge in [-0.05, 0) is 26.0 Å². The van der Waals surface area contributed by atoms with Crippen LogP contribution in [0.5, 0.6) is 0 Å². The van der Waals surface area contributed by atoms with E-state index in [-0.39, 0.29) is 24.6 Å². The molecule has 20 heavy (non-hydrogen) atoms. The molecular formula is C14H19NO4S. The number of aryl methyl sites for hydroxylation is 1. The molecule has 0 aliphatic carbocycles. The van der Waals surface area contributed by atoms with Crippen molar-refractivity contribution in [2.45, 2.75) is 18.7 Å². The van der Waals surface area contributed by atoms with Crippen LogP contribution in [0.25, 0.3) is 0 Å². The summed E-state index contributed by atoms with van der Waals surface area (Å²) in [6, 6.07) is 6.46.